The Morgan fingerprint density at radius 2 is 1.38 bits per heavy atom. The number of rotatable bonds is 2. The number of aromatic nitrogens is 1. The zero-order valence-corrected chi connectivity index (χ0v) is 13.3. The van der Waals surface area contributed by atoms with Crippen molar-refractivity contribution in [3.8, 4) is 0 Å². The Kier molecular flexibility index (Phi) is 3.98. The zero-order valence-electron chi connectivity index (χ0n) is 12.5. The van der Waals surface area contributed by atoms with Crippen LogP contribution in [0.25, 0.3) is 21.5 Å². The van der Waals surface area contributed by atoms with Crippen molar-refractivity contribution in [1.29, 1.82) is 0 Å². The lowest BCUT2D eigenvalue weighted by molar-refractivity contribution is -0.0551. The number of benzene rings is 2. The second-order valence-corrected chi connectivity index (χ2v) is 6.63. The molecule has 0 unspecified atom stereocenters. The van der Waals surface area contributed by atoms with E-state index in [1.807, 2.05) is 0 Å². The largest absolute Gasteiger partial charge is 0.536 e. The van der Waals surface area contributed by atoms with E-state index in [9.17, 15) is 35.6 Å². The Morgan fingerprint density at radius 1 is 0.846 bits per heavy atom. The van der Waals surface area contributed by atoms with E-state index in [1.165, 1.54) is 18.2 Å². The van der Waals surface area contributed by atoms with Crippen molar-refractivity contribution in [2.75, 3.05) is 0 Å². The minimum absolute atomic E-state index is 0.0378. The van der Waals surface area contributed by atoms with Gasteiger partial charge in [-0.05, 0) is 35.0 Å². The molecular formula is C15H7F4NO5S. The highest BCUT2D eigenvalue weighted by atomic mass is 32.2. The van der Waals surface area contributed by atoms with Gasteiger partial charge in [0, 0.05) is 0 Å². The van der Waals surface area contributed by atoms with E-state index in [0.717, 1.165) is 24.3 Å². The van der Waals surface area contributed by atoms with Crippen molar-refractivity contribution in [2.45, 2.75) is 5.51 Å². The molecule has 0 saturated heterocycles. The van der Waals surface area contributed by atoms with Crippen LogP contribution in [-0.2, 0) is 10.1 Å². The highest BCUT2D eigenvalue weighted by molar-refractivity contribution is 7.87. The molecule has 1 aromatic heterocycles. The monoisotopic (exact) mass is 389 g/mol. The van der Waals surface area contributed by atoms with Crippen LogP contribution in [0.2, 0.25) is 0 Å². The lowest BCUT2D eigenvalue weighted by Crippen LogP contribution is -2.43. The topological polar surface area (TPSA) is 82.4 Å². The maximum atomic E-state index is 13.6. The van der Waals surface area contributed by atoms with Crippen LogP contribution < -0.4 is 15.4 Å². The molecule has 0 atom stereocenters. The molecule has 11 heteroatoms. The van der Waals surface area contributed by atoms with Crippen molar-refractivity contribution in [3.63, 3.8) is 0 Å². The molecule has 0 radical (unpaired) electrons. The highest BCUT2D eigenvalue weighted by Crippen LogP contribution is 2.23. The molecule has 0 bridgehead atoms. The molecule has 3 rings (SSSR count). The Labute approximate surface area is 141 Å². The van der Waals surface area contributed by atoms with E-state index >= 15 is 0 Å². The smallest absolute Gasteiger partial charge is 0.274 e. The fraction of sp³-hybridized carbons (Fsp3) is 0.0667. The molecular weight excluding hydrogens is 382 g/mol. The SMILES string of the molecule is O=c1c2ccccc2c2cc(F)ccc2c(=O)n1OS(=O)(=O)C(F)(F)F. The first-order chi connectivity index (χ1) is 12.0. The van der Waals surface area contributed by atoms with E-state index in [-0.39, 0.29) is 16.2 Å². The van der Waals surface area contributed by atoms with Gasteiger partial charge < -0.3 is 0 Å². The van der Waals surface area contributed by atoms with E-state index in [0.29, 0.717) is 0 Å². The second kappa shape index (κ2) is 5.80. The molecule has 3 aromatic rings. The lowest BCUT2D eigenvalue weighted by atomic mass is 10.1. The van der Waals surface area contributed by atoms with Crippen LogP contribution in [0.4, 0.5) is 17.6 Å². The van der Waals surface area contributed by atoms with Gasteiger partial charge in [0.1, 0.15) is 5.82 Å². The fourth-order valence-electron chi connectivity index (χ4n) is 2.35. The summed E-state index contributed by atoms with van der Waals surface area (Å²) in [6, 6.07) is 7.92. The van der Waals surface area contributed by atoms with Gasteiger partial charge in [-0.3, -0.25) is 13.9 Å². The molecule has 0 saturated carbocycles. The van der Waals surface area contributed by atoms with Crippen molar-refractivity contribution in [1.82, 2.24) is 4.73 Å². The Hall–Kier alpha value is -2.95. The number of alkyl halides is 3. The number of fused-ring (bicyclic) bond motifs is 3. The van der Waals surface area contributed by atoms with Crippen LogP contribution in [0, 0.1) is 5.82 Å². The minimum atomic E-state index is -6.28. The summed E-state index contributed by atoms with van der Waals surface area (Å²) in [5.74, 6) is -0.768. The Bertz CT molecular complexity index is 1270. The molecule has 0 N–H and O–H groups in total. The molecule has 0 aliphatic carbocycles. The van der Waals surface area contributed by atoms with Crippen LogP contribution in [0.1, 0.15) is 0 Å². The van der Waals surface area contributed by atoms with Crippen molar-refractivity contribution in [3.05, 3.63) is 69.0 Å². The third-order valence-electron chi connectivity index (χ3n) is 3.48. The molecule has 136 valence electrons. The summed E-state index contributed by atoms with van der Waals surface area (Å²) in [5.41, 5.74) is -8.77. The number of nitrogens with zero attached hydrogens (tertiary/aromatic N) is 1. The average Bonchev–Trinajstić information content (AvgIpc) is 2.64. The van der Waals surface area contributed by atoms with Gasteiger partial charge in [-0.15, -0.1) is 0 Å². The van der Waals surface area contributed by atoms with Crippen LogP contribution in [0.5, 0.6) is 0 Å². The third-order valence-corrected chi connectivity index (χ3v) is 4.40. The Balaban J connectivity index is 2.55. The zero-order chi connectivity index (χ0) is 19.3. The predicted octanol–water partition coefficient (Wildman–Crippen LogP) is 1.93. The van der Waals surface area contributed by atoms with E-state index in [2.05, 4.69) is 4.28 Å². The molecule has 0 aliphatic rings. The summed E-state index contributed by atoms with van der Waals surface area (Å²) in [6.45, 7) is 0. The highest BCUT2D eigenvalue weighted by Gasteiger charge is 2.49. The predicted molar refractivity (Wildman–Crippen MR) is 83.5 cm³/mol. The van der Waals surface area contributed by atoms with Crippen molar-refractivity contribution in [2.24, 2.45) is 0 Å². The van der Waals surface area contributed by atoms with Crippen LogP contribution >= 0.6 is 0 Å². The van der Waals surface area contributed by atoms with Gasteiger partial charge in [0.2, 0.25) is 0 Å². The van der Waals surface area contributed by atoms with Gasteiger partial charge >= 0.3 is 15.6 Å². The molecule has 1 heterocycles. The van der Waals surface area contributed by atoms with E-state index < -0.39 is 42.7 Å². The number of halogens is 4. The Morgan fingerprint density at radius 3 is 1.96 bits per heavy atom. The van der Waals surface area contributed by atoms with Crippen molar-refractivity contribution < 1.29 is 30.3 Å². The molecule has 26 heavy (non-hydrogen) atoms. The first-order valence-corrected chi connectivity index (χ1v) is 8.22. The molecule has 0 fully saturated rings. The van der Waals surface area contributed by atoms with Gasteiger partial charge in [-0.2, -0.15) is 21.6 Å². The third kappa shape index (κ3) is 2.79. The standard InChI is InChI=1S/C15H7F4NO5S/c16-8-5-6-11-12(7-8)9-3-1-2-4-10(9)13(21)20(14(11)22)25-26(23,24)15(17,18)19/h1-7H. The van der Waals surface area contributed by atoms with E-state index in [4.69, 9.17) is 0 Å². The average molecular weight is 389 g/mol. The first kappa shape index (κ1) is 17.9. The molecule has 2 aromatic carbocycles. The lowest BCUT2D eigenvalue weighted by Gasteiger charge is -2.08. The molecule has 6 nitrogen and oxygen atoms in total. The van der Waals surface area contributed by atoms with Gasteiger partial charge in [-0.1, -0.05) is 22.9 Å². The normalized spacial score (nSPS) is 12.5. The number of hydrogen-bond donors (Lipinski definition) is 0. The van der Waals surface area contributed by atoms with Crippen LogP contribution in [-0.4, -0.2) is 18.7 Å². The van der Waals surface area contributed by atoms with Crippen LogP contribution in [0.3, 0.4) is 0 Å². The summed E-state index contributed by atoms with van der Waals surface area (Å²) >= 11 is 0. The summed E-state index contributed by atoms with van der Waals surface area (Å²) in [5, 5.41) is -0.782. The van der Waals surface area contributed by atoms with Crippen LogP contribution in [0.15, 0.2) is 52.1 Å². The second-order valence-electron chi connectivity index (χ2n) is 5.11. The number of hydrogen-bond acceptors (Lipinski definition) is 5. The van der Waals surface area contributed by atoms with E-state index in [1.54, 1.807) is 0 Å². The molecule has 0 aliphatic heterocycles. The van der Waals surface area contributed by atoms with Gasteiger partial charge in [-0.25, -0.2) is 4.39 Å². The maximum Gasteiger partial charge on any atom is 0.536 e. The summed E-state index contributed by atoms with van der Waals surface area (Å²) < 4.78 is 77.1. The van der Waals surface area contributed by atoms with Crippen molar-refractivity contribution >= 4 is 31.7 Å². The molecule has 0 amide bonds. The maximum absolute atomic E-state index is 13.6. The van der Waals surface area contributed by atoms with Gasteiger partial charge in [0.05, 0.1) is 10.8 Å². The molecule has 0 spiro atoms. The van der Waals surface area contributed by atoms with Gasteiger partial charge in [0.15, 0.2) is 0 Å². The summed E-state index contributed by atoms with van der Waals surface area (Å²) in [7, 11) is -6.28. The fourth-order valence-corrected chi connectivity index (χ4v) is 2.77. The summed E-state index contributed by atoms with van der Waals surface area (Å²) in [6.07, 6.45) is 0. The quantitative estimate of drug-likeness (QED) is 0.494. The minimum Gasteiger partial charge on any atom is -0.274 e. The summed E-state index contributed by atoms with van der Waals surface area (Å²) in [4.78, 5) is 24.9. The van der Waals surface area contributed by atoms with Gasteiger partial charge in [0.25, 0.3) is 11.1 Å². The first-order valence-electron chi connectivity index (χ1n) is 6.81.